The first kappa shape index (κ1) is 15.5. The molecular weight excluding hydrogens is 296 g/mol. The molecule has 0 radical (unpaired) electrons. The Labute approximate surface area is 134 Å². The average Bonchev–Trinajstić information content (AvgIpc) is 2.97. The van der Waals surface area contributed by atoms with Crippen LogP contribution in [0.5, 0.6) is 5.75 Å². The number of nitro groups is 1. The topological polar surface area (TPSA) is 64.8 Å². The first-order valence-corrected chi connectivity index (χ1v) is 7.36. The molecule has 0 amide bonds. The lowest BCUT2D eigenvalue weighted by Gasteiger charge is -2.17. The number of rotatable bonds is 4. The minimum atomic E-state index is -0.390. The number of non-ortho nitro benzene ring substituents is 1. The SMILES string of the molecule is COc1ccc([C@@H]2C[C@H](c3ccc([N+](=O)[O-])cc3)N(C)O2)cc1. The van der Waals surface area contributed by atoms with E-state index in [0.29, 0.717) is 0 Å². The molecule has 0 unspecified atom stereocenters. The van der Waals surface area contributed by atoms with E-state index in [0.717, 1.165) is 23.3 Å². The second-order valence-corrected chi connectivity index (χ2v) is 5.51. The Balaban J connectivity index is 1.76. The molecule has 1 heterocycles. The van der Waals surface area contributed by atoms with Crippen molar-refractivity contribution in [3.05, 3.63) is 69.8 Å². The van der Waals surface area contributed by atoms with E-state index in [4.69, 9.17) is 9.57 Å². The number of ether oxygens (including phenoxy) is 1. The Morgan fingerprint density at radius 3 is 2.30 bits per heavy atom. The van der Waals surface area contributed by atoms with Crippen molar-refractivity contribution in [2.45, 2.75) is 18.6 Å². The zero-order valence-electron chi connectivity index (χ0n) is 13.0. The molecule has 6 nitrogen and oxygen atoms in total. The van der Waals surface area contributed by atoms with Crippen LogP contribution in [0.3, 0.4) is 0 Å². The van der Waals surface area contributed by atoms with Crippen molar-refractivity contribution in [2.75, 3.05) is 14.2 Å². The van der Waals surface area contributed by atoms with Crippen LogP contribution in [0.4, 0.5) is 5.69 Å². The maximum Gasteiger partial charge on any atom is 0.269 e. The lowest BCUT2D eigenvalue weighted by atomic mass is 9.98. The van der Waals surface area contributed by atoms with Crippen LogP contribution in [0.15, 0.2) is 48.5 Å². The molecular formula is C17H18N2O4. The van der Waals surface area contributed by atoms with Crippen LogP contribution in [0.2, 0.25) is 0 Å². The number of hydrogen-bond acceptors (Lipinski definition) is 5. The molecule has 120 valence electrons. The van der Waals surface area contributed by atoms with E-state index in [2.05, 4.69) is 0 Å². The summed E-state index contributed by atoms with van der Waals surface area (Å²) in [6.45, 7) is 0. The molecule has 2 aromatic rings. The van der Waals surface area contributed by atoms with Gasteiger partial charge in [-0.05, 0) is 23.3 Å². The average molecular weight is 314 g/mol. The Morgan fingerprint density at radius 2 is 1.74 bits per heavy atom. The van der Waals surface area contributed by atoms with Crippen LogP contribution in [-0.2, 0) is 4.84 Å². The molecule has 0 spiro atoms. The Bertz CT molecular complexity index is 685. The van der Waals surface area contributed by atoms with Crippen molar-refractivity contribution in [1.82, 2.24) is 5.06 Å². The highest BCUT2D eigenvalue weighted by Gasteiger charge is 2.33. The Kier molecular flexibility index (Phi) is 4.27. The first-order valence-electron chi connectivity index (χ1n) is 7.36. The van der Waals surface area contributed by atoms with Gasteiger partial charge in [-0.2, -0.15) is 5.06 Å². The number of benzene rings is 2. The van der Waals surface area contributed by atoms with Gasteiger partial charge in [0.15, 0.2) is 0 Å². The van der Waals surface area contributed by atoms with E-state index in [1.807, 2.05) is 36.4 Å². The summed E-state index contributed by atoms with van der Waals surface area (Å²) in [7, 11) is 3.52. The molecule has 0 bridgehead atoms. The maximum atomic E-state index is 10.7. The zero-order valence-corrected chi connectivity index (χ0v) is 13.0. The van der Waals surface area contributed by atoms with Gasteiger partial charge in [-0.25, -0.2) is 0 Å². The van der Waals surface area contributed by atoms with E-state index >= 15 is 0 Å². The second-order valence-electron chi connectivity index (χ2n) is 5.51. The van der Waals surface area contributed by atoms with Gasteiger partial charge in [0, 0.05) is 25.6 Å². The van der Waals surface area contributed by atoms with Gasteiger partial charge in [-0.1, -0.05) is 24.3 Å². The standard InChI is InChI=1S/C17H18N2O4/c1-18-16(12-3-7-14(8-4-12)19(20)21)11-17(23-18)13-5-9-15(22-2)10-6-13/h3-10,16-17H,11H2,1-2H3/t16-,17+/m1/s1. The predicted molar refractivity (Wildman–Crippen MR) is 85.0 cm³/mol. The maximum absolute atomic E-state index is 10.7. The van der Waals surface area contributed by atoms with Crippen LogP contribution in [0, 0.1) is 10.1 Å². The largest absolute Gasteiger partial charge is 0.497 e. The summed E-state index contributed by atoms with van der Waals surface area (Å²) in [6.07, 6.45) is 0.756. The third-order valence-corrected chi connectivity index (χ3v) is 4.15. The highest BCUT2D eigenvalue weighted by Crippen LogP contribution is 2.41. The molecule has 23 heavy (non-hydrogen) atoms. The summed E-state index contributed by atoms with van der Waals surface area (Å²) in [5, 5.41) is 12.6. The second kappa shape index (κ2) is 6.36. The fourth-order valence-corrected chi connectivity index (χ4v) is 2.85. The van der Waals surface area contributed by atoms with E-state index in [1.54, 1.807) is 19.2 Å². The van der Waals surface area contributed by atoms with Gasteiger partial charge in [0.2, 0.25) is 0 Å². The molecule has 6 heteroatoms. The van der Waals surface area contributed by atoms with Gasteiger partial charge < -0.3 is 4.74 Å². The summed E-state index contributed by atoms with van der Waals surface area (Å²) in [6, 6.07) is 14.5. The van der Waals surface area contributed by atoms with Gasteiger partial charge in [-0.3, -0.25) is 15.0 Å². The molecule has 3 rings (SSSR count). The number of hydroxylamine groups is 2. The van der Waals surface area contributed by atoms with Crippen molar-refractivity contribution >= 4 is 5.69 Å². The molecule has 1 aliphatic rings. The summed E-state index contributed by atoms with van der Waals surface area (Å²) in [5.74, 6) is 0.812. The van der Waals surface area contributed by atoms with Gasteiger partial charge in [0.05, 0.1) is 18.1 Å². The molecule has 0 saturated carbocycles. The summed E-state index contributed by atoms with van der Waals surface area (Å²) in [5.41, 5.74) is 2.19. The van der Waals surface area contributed by atoms with Gasteiger partial charge >= 0.3 is 0 Å². The fourth-order valence-electron chi connectivity index (χ4n) is 2.85. The van der Waals surface area contributed by atoms with E-state index in [-0.39, 0.29) is 17.8 Å². The molecule has 1 fully saturated rings. The zero-order chi connectivity index (χ0) is 16.4. The van der Waals surface area contributed by atoms with Crippen molar-refractivity contribution in [1.29, 1.82) is 0 Å². The lowest BCUT2D eigenvalue weighted by molar-refractivity contribution is -0.384. The van der Waals surface area contributed by atoms with E-state index in [1.165, 1.54) is 12.1 Å². The normalized spacial score (nSPS) is 21.3. The first-order chi connectivity index (χ1) is 11.1. The van der Waals surface area contributed by atoms with E-state index in [9.17, 15) is 10.1 Å². The van der Waals surface area contributed by atoms with Crippen molar-refractivity contribution < 1.29 is 14.5 Å². The monoisotopic (exact) mass is 314 g/mol. The number of methoxy groups -OCH3 is 1. The van der Waals surface area contributed by atoms with Crippen molar-refractivity contribution in [2.24, 2.45) is 0 Å². The minimum absolute atomic E-state index is 0.0360. The van der Waals surface area contributed by atoms with Crippen LogP contribution < -0.4 is 4.74 Å². The molecule has 0 aliphatic carbocycles. The third kappa shape index (κ3) is 3.18. The minimum Gasteiger partial charge on any atom is -0.497 e. The van der Waals surface area contributed by atoms with Crippen molar-refractivity contribution in [3.63, 3.8) is 0 Å². The predicted octanol–water partition coefficient (Wildman–Crippen LogP) is 3.65. The van der Waals surface area contributed by atoms with Gasteiger partial charge in [-0.15, -0.1) is 0 Å². The summed E-state index contributed by atoms with van der Waals surface area (Å²) < 4.78 is 5.17. The summed E-state index contributed by atoms with van der Waals surface area (Å²) in [4.78, 5) is 16.3. The number of nitrogens with zero attached hydrogens (tertiary/aromatic N) is 2. The Morgan fingerprint density at radius 1 is 1.13 bits per heavy atom. The smallest absolute Gasteiger partial charge is 0.269 e. The number of hydrogen-bond donors (Lipinski definition) is 0. The molecule has 0 N–H and O–H groups in total. The van der Waals surface area contributed by atoms with Crippen molar-refractivity contribution in [3.8, 4) is 5.75 Å². The molecule has 1 aliphatic heterocycles. The molecule has 1 saturated heterocycles. The highest BCUT2D eigenvalue weighted by atomic mass is 16.7. The van der Waals surface area contributed by atoms with Crippen LogP contribution in [0.1, 0.15) is 29.7 Å². The van der Waals surface area contributed by atoms with Gasteiger partial charge in [0.25, 0.3) is 5.69 Å². The molecule has 0 aromatic heterocycles. The summed E-state index contributed by atoms with van der Waals surface area (Å²) >= 11 is 0. The molecule has 2 atom stereocenters. The Hall–Kier alpha value is -2.44. The van der Waals surface area contributed by atoms with Crippen LogP contribution in [-0.4, -0.2) is 24.1 Å². The highest BCUT2D eigenvalue weighted by molar-refractivity contribution is 5.35. The van der Waals surface area contributed by atoms with Crippen LogP contribution in [0.25, 0.3) is 0 Å². The fraction of sp³-hybridized carbons (Fsp3) is 0.294. The quantitative estimate of drug-likeness (QED) is 0.636. The lowest BCUT2D eigenvalue weighted by Crippen LogP contribution is -2.16. The van der Waals surface area contributed by atoms with E-state index < -0.39 is 4.92 Å². The molecule has 2 aromatic carbocycles. The van der Waals surface area contributed by atoms with Gasteiger partial charge in [0.1, 0.15) is 11.9 Å². The van der Waals surface area contributed by atoms with Crippen LogP contribution >= 0.6 is 0 Å². The number of nitro benzene ring substituents is 1. The third-order valence-electron chi connectivity index (χ3n) is 4.15.